The Labute approximate surface area is 41.2 Å². The van der Waals surface area contributed by atoms with E-state index in [9.17, 15) is 0 Å². The summed E-state index contributed by atoms with van der Waals surface area (Å²) in [5.41, 5.74) is 4.87. The van der Waals surface area contributed by atoms with E-state index in [-0.39, 0.29) is 5.11 Å². The van der Waals surface area contributed by atoms with Crippen molar-refractivity contribution in [2.45, 2.75) is 0 Å². The van der Waals surface area contributed by atoms with Gasteiger partial charge in [-0.1, -0.05) is 0 Å². The van der Waals surface area contributed by atoms with Crippen LogP contribution >= 0.6 is 12.2 Å². The smallest absolute Gasteiger partial charge is 0.210 e. The van der Waals surface area contributed by atoms with E-state index < -0.39 is 0 Å². The second-order valence-corrected chi connectivity index (χ2v) is 1.06. The molecule has 2 N–H and O–H groups in total. The fourth-order valence-corrected chi connectivity index (χ4v) is 0.180. The largest absolute Gasteiger partial charge is 0.373 e. The van der Waals surface area contributed by atoms with Crippen LogP contribution in [-0.2, 0) is 0 Å². The molecular formula is C2H5N3S. The van der Waals surface area contributed by atoms with E-state index in [1.165, 1.54) is 7.05 Å². The van der Waals surface area contributed by atoms with Gasteiger partial charge in [-0.3, -0.25) is 0 Å². The van der Waals surface area contributed by atoms with Gasteiger partial charge in [0.05, 0.1) is 0 Å². The Balaban J connectivity index is 3.30. The number of hydrogen-bond donors (Lipinski definition) is 1. The third-order valence-electron chi connectivity index (χ3n) is 0.199. The molecule has 0 saturated carbocycles. The molecule has 0 aliphatic carbocycles. The predicted molar refractivity (Wildman–Crippen MR) is 27.6 cm³/mol. The molecule has 6 heavy (non-hydrogen) atoms. The van der Waals surface area contributed by atoms with Crippen molar-refractivity contribution in [2.75, 3.05) is 7.05 Å². The molecule has 0 unspecified atom stereocenters. The molecule has 0 rings (SSSR count). The lowest BCUT2D eigenvalue weighted by molar-refractivity contribution is 1.20. The van der Waals surface area contributed by atoms with Crippen LogP contribution in [0.5, 0.6) is 0 Å². The zero-order valence-corrected chi connectivity index (χ0v) is 4.20. The van der Waals surface area contributed by atoms with E-state index in [4.69, 9.17) is 5.73 Å². The summed E-state index contributed by atoms with van der Waals surface area (Å²) in [6, 6.07) is 0. The van der Waals surface area contributed by atoms with Crippen LogP contribution in [0.2, 0.25) is 0 Å². The third kappa shape index (κ3) is 3.49. The van der Waals surface area contributed by atoms with Gasteiger partial charge in [0.15, 0.2) is 0 Å². The third-order valence-corrected chi connectivity index (χ3v) is 0.280. The highest BCUT2D eigenvalue weighted by molar-refractivity contribution is 7.80. The Bertz CT molecular complexity index is 76.9. The van der Waals surface area contributed by atoms with Gasteiger partial charge >= 0.3 is 0 Å². The normalized spacial score (nSPS) is 9.50. The summed E-state index contributed by atoms with van der Waals surface area (Å²) < 4.78 is 0. The van der Waals surface area contributed by atoms with Crippen molar-refractivity contribution in [1.82, 2.24) is 0 Å². The van der Waals surface area contributed by atoms with E-state index in [0.29, 0.717) is 0 Å². The molecule has 0 aliphatic heterocycles. The molecule has 0 heterocycles. The SMILES string of the molecule is CN=NC(N)=S. The van der Waals surface area contributed by atoms with Crippen LogP contribution in [0.1, 0.15) is 0 Å². The first-order valence-corrected chi connectivity index (χ1v) is 1.77. The maximum absolute atomic E-state index is 4.87. The Morgan fingerprint density at radius 1 is 1.83 bits per heavy atom. The molecule has 0 fully saturated rings. The molecule has 0 aliphatic rings. The van der Waals surface area contributed by atoms with E-state index >= 15 is 0 Å². The Hall–Kier alpha value is -0.510. The Kier molecular flexibility index (Phi) is 2.48. The minimum Gasteiger partial charge on any atom is -0.373 e. The van der Waals surface area contributed by atoms with E-state index in [1.807, 2.05) is 0 Å². The van der Waals surface area contributed by atoms with Crippen molar-refractivity contribution < 1.29 is 0 Å². The van der Waals surface area contributed by atoms with Crippen LogP contribution in [0, 0.1) is 0 Å². The highest BCUT2D eigenvalue weighted by Gasteiger charge is 1.69. The van der Waals surface area contributed by atoms with E-state index in [2.05, 4.69) is 22.4 Å². The minimum absolute atomic E-state index is 0.0810. The molecule has 0 bridgehead atoms. The fraction of sp³-hybridized carbons (Fsp3) is 0.500. The molecule has 4 heteroatoms. The average Bonchev–Trinajstić information content (AvgIpc) is 1.35. The first kappa shape index (κ1) is 5.49. The maximum Gasteiger partial charge on any atom is 0.210 e. The lowest BCUT2D eigenvalue weighted by Gasteiger charge is -1.73. The summed E-state index contributed by atoms with van der Waals surface area (Å²) in [5.74, 6) is 0. The quantitative estimate of drug-likeness (QED) is 0.354. The molecule has 0 radical (unpaired) electrons. The molecular weight excluding hydrogens is 98.1 g/mol. The van der Waals surface area contributed by atoms with E-state index in [1.54, 1.807) is 0 Å². The molecule has 0 atom stereocenters. The van der Waals surface area contributed by atoms with Gasteiger partial charge in [0.2, 0.25) is 5.11 Å². The highest BCUT2D eigenvalue weighted by atomic mass is 32.1. The Morgan fingerprint density at radius 2 is 2.33 bits per heavy atom. The first-order chi connectivity index (χ1) is 2.77. The second kappa shape index (κ2) is 2.71. The summed E-state index contributed by atoms with van der Waals surface area (Å²) in [5, 5.41) is 6.63. The monoisotopic (exact) mass is 103 g/mol. The molecule has 0 amide bonds. The predicted octanol–water partition coefficient (Wildman–Crippen LogP) is 0.312. The molecule has 0 spiro atoms. The van der Waals surface area contributed by atoms with Gasteiger partial charge in [-0.25, -0.2) is 0 Å². The zero-order chi connectivity index (χ0) is 4.99. The number of hydrogen-bond acceptors (Lipinski definition) is 2. The minimum atomic E-state index is 0.0810. The summed E-state index contributed by atoms with van der Waals surface area (Å²) in [6.07, 6.45) is 0. The molecule has 0 aromatic rings. The Morgan fingerprint density at radius 3 is 2.33 bits per heavy atom. The molecule has 0 aromatic heterocycles. The number of nitrogens with two attached hydrogens (primary N) is 1. The van der Waals surface area contributed by atoms with Crippen molar-refractivity contribution >= 4 is 17.3 Å². The lowest BCUT2D eigenvalue weighted by Crippen LogP contribution is -2.01. The summed E-state index contributed by atoms with van der Waals surface area (Å²) >= 11 is 4.31. The van der Waals surface area contributed by atoms with Crippen LogP contribution in [-0.4, -0.2) is 12.2 Å². The molecule has 0 saturated heterocycles. The number of nitrogens with zero attached hydrogens (tertiary/aromatic N) is 2. The zero-order valence-electron chi connectivity index (χ0n) is 3.38. The average molecular weight is 103 g/mol. The fourth-order valence-electron chi connectivity index (χ4n) is 0.0986. The summed E-state index contributed by atoms with van der Waals surface area (Å²) in [4.78, 5) is 0. The standard InChI is InChI=1S/C2H5N3S/c1-4-5-2(3)6/h1H3,(H2,3,6). The van der Waals surface area contributed by atoms with Crippen molar-refractivity contribution in [3.8, 4) is 0 Å². The van der Waals surface area contributed by atoms with Gasteiger partial charge in [-0.15, -0.1) is 5.11 Å². The maximum atomic E-state index is 4.87. The van der Waals surface area contributed by atoms with E-state index in [0.717, 1.165) is 0 Å². The molecule has 34 valence electrons. The summed E-state index contributed by atoms with van der Waals surface area (Å²) in [7, 11) is 1.51. The number of azo groups is 1. The van der Waals surface area contributed by atoms with Gasteiger partial charge in [-0.05, 0) is 12.2 Å². The van der Waals surface area contributed by atoms with Crippen LogP contribution in [0.3, 0.4) is 0 Å². The lowest BCUT2D eigenvalue weighted by atomic mass is 11.2. The van der Waals surface area contributed by atoms with Crippen molar-refractivity contribution in [1.29, 1.82) is 0 Å². The van der Waals surface area contributed by atoms with Gasteiger partial charge in [0, 0.05) is 7.05 Å². The van der Waals surface area contributed by atoms with Gasteiger partial charge in [0.1, 0.15) is 0 Å². The topological polar surface area (TPSA) is 50.7 Å². The van der Waals surface area contributed by atoms with Crippen LogP contribution < -0.4 is 5.73 Å². The first-order valence-electron chi connectivity index (χ1n) is 1.36. The highest BCUT2D eigenvalue weighted by Crippen LogP contribution is 1.66. The van der Waals surface area contributed by atoms with Gasteiger partial charge < -0.3 is 5.73 Å². The van der Waals surface area contributed by atoms with Crippen molar-refractivity contribution in [2.24, 2.45) is 16.0 Å². The molecule has 0 aromatic carbocycles. The van der Waals surface area contributed by atoms with Crippen LogP contribution in [0.25, 0.3) is 0 Å². The van der Waals surface area contributed by atoms with Crippen LogP contribution in [0.15, 0.2) is 10.2 Å². The second-order valence-electron chi connectivity index (χ2n) is 0.638. The van der Waals surface area contributed by atoms with Gasteiger partial charge in [0.25, 0.3) is 0 Å². The van der Waals surface area contributed by atoms with Crippen LogP contribution in [0.4, 0.5) is 0 Å². The summed E-state index contributed by atoms with van der Waals surface area (Å²) in [6.45, 7) is 0. The number of thiocarbonyl (C=S) groups is 1. The van der Waals surface area contributed by atoms with Crippen molar-refractivity contribution in [3.05, 3.63) is 0 Å². The van der Waals surface area contributed by atoms with Gasteiger partial charge in [-0.2, -0.15) is 5.11 Å². The number of rotatable bonds is 0. The van der Waals surface area contributed by atoms with Crippen molar-refractivity contribution in [3.63, 3.8) is 0 Å². The molecule has 3 nitrogen and oxygen atoms in total.